The highest BCUT2D eigenvalue weighted by Gasteiger charge is 2.02. The summed E-state index contributed by atoms with van der Waals surface area (Å²) >= 11 is 0. The van der Waals surface area contributed by atoms with Gasteiger partial charge in [-0.05, 0) is 31.9 Å². The number of aliphatic hydroxyl groups is 1. The largest absolute Gasteiger partial charge is 0.376 e. The molecule has 0 fully saturated rings. The van der Waals surface area contributed by atoms with Crippen molar-refractivity contribution in [3.63, 3.8) is 0 Å². The number of aromatic nitrogens is 1. The molecule has 1 aromatic heterocycles. The Morgan fingerprint density at radius 1 is 1.40 bits per heavy atom. The predicted molar refractivity (Wildman–Crippen MR) is 40.9 cm³/mol. The first-order chi connectivity index (χ1) is 4.66. The molecular weight excluding hydrogens is 126 g/mol. The van der Waals surface area contributed by atoms with Gasteiger partial charge in [-0.25, -0.2) is 0 Å². The maximum Gasteiger partial charge on any atom is 0.119 e. The topological polar surface area (TPSA) is 25.2 Å². The van der Waals surface area contributed by atoms with Crippen molar-refractivity contribution in [2.45, 2.75) is 27.5 Å². The van der Waals surface area contributed by atoms with E-state index in [1.54, 1.807) is 0 Å². The minimum atomic E-state index is 0.0838. The molecule has 0 amide bonds. The third-order valence-corrected chi connectivity index (χ3v) is 2.07. The van der Waals surface area contributed by atoms with Crippen LogP contribution in [0.5, 0.6) is 0 Å². The Morgan fingerprint density at radius 2 is 2.00 bits per heavy atom. The molecule has 0 bridgehead atoms. The lowest BCUT2D eigenvalue weighted by molar-refractivity contribution is 0.208. The molecule has 0 radical (unpaired) electrons. The van der Waals surface area contributed by atoms with Crippen molar-refractivity contribution in [3.8, 4) is 0 Å². The lowest BCUT2D eigenvalue weighted by Crippen LogP contribution is -1.96. The van der Waals surface area contributed by atoms with Crippen LogP contribution in [0.3, 0.4) is 0 Å². The van der Waals surface area contributed by atoms with E-state index in [1.165, 1.54) is 11.1 Å². The van der Waals surface area contributed by atoms with E-state index >= 15 is 0 Å². The van der Waals surface area contributed by atoms with Gasteiger partial charge in [0.25, 0.3) is 0 Å². The normalized spacial score (nSPS) is 10.4. The maximum atomic E-state index is 8.82. The summed E-state index contributed by atoms with van der Waals surface area (Å²) in [6.45, 7) is 6.21. The molecule has 1 heterocycles. The smallest absolute Gasteiger partial charge is 0.119 e. The van der Waals surface area contributed by atoms with Gasteiger partial charge in [-0.2, -0.15) is 0 Å². The minimum absolute atomic E-state index is 0.0838. The molecule has 0 saturated carbocycles. The van der Waals surface area contributed by atoms with Crippen molar-refractivity contribution in [2.24, 2.45) is 0 Å². The van der Waals surface area contributed by atoms with Crippen molar-refractivity contribution < 1.29 is 5.11 Å². The number of aliphatic hydroxyl groups excluding tert-OH is 1. The highest BCUT2D eigenvalue weighted by atomic mass is 16.3. The van der Waals surface area contributed by atoms with E-state index in [-0.39, 0.29) is 6.73 Å². The summed E-state index contributed by atoms with van der Waals surface area (Å²) in [5.41, 5.74) is 3.67. The Hall–Kier alpha value is -0.760. The molecule has 0 aliphatic carbocycles. The maximum absolute atomic E-state index is 8.82. The fourth-order valence-electron chi connectivity index (χ4n) is 1.08. The average molecular weight is 139 g/mol. The van der Waals surface area contributed by atoms with Crippen molar-refractivity contribution in [1.82, 2.24) is 4.57 Å². The van der Waals surface area contributed by atoms with Crippen molar-refractivity contribution in [3.05, 3.63) is 23.0 Å². The van der Waals surface area contributed by atoms with Crippen LogP contribution in [0.15, 0.2) is 6.20 Å². The molecular formula is C8H13NO. The standard InChI is InChI=1S/C8H13NO/c1-6-4-9(5-10)8(3)7(6)2/h4,10H,5H2,1-3H3. The van der Waals surface area contributed by atoms with E-state index in [0.29, 0.717) is 0 Å². The van der Waals surface area contributed by atoms with Crippen molar-refractivity contribution >= 4 is 0 Å². The third-order valence-electron chi connectivity index (χ3n) is 2.07. The molecule has 0 saturated heterocycles. The highest BCUT2D eigenvalue weighted by Crippen LogP contribution is 2.13. The number of hydrogen-bond acceptors (Lipinski definition) is 1. The van der Waals surface area contributed by atoms with Crippen LogP contribution < -0.4 is 0 Å². The number of nitrogens with zero attached hydrogens (tertiary/aromatic N) is 1. The molecule has 2 heteroatoms. The zero-order valence-electron chi connectivity index (χ0n) is 6.68. The molecule has 0 aliphatic rings. The summed E-state index contributed by atoms with van der Waals surface area (Å²) in [4.78, 5) is 0. The van der Waals surface area contributed by atoms with Crippen LogP contribution in [0.2, 0.25) is 0 Å². The van der Waals surface area contributed by atoms with Gasteiger partial charge in [-0.15, -0.1) is 0 Å². The summed E-state index contributed by atoms with van der Waals surface area (Å²) in [5, 5.41) is 8.82. The summed E-state index contributed by atoms with van der Waals surface area (Å²) in [5.74, 6) is 0. The van der Waals surface area contributed by atoms with Gasteiger partial charge in [0.05, 0.1) is 0 Å². The summed E-state index contributed by atoms with van der Waals surface area (Å²) in [6.07, 6.45) is 1.96. The van der Waals surface area contributed by atoms with Crippen LogP contribution >= 0.6 is 0 Å². The lowest BCUT2D eigenvalue weighted by atomic mass is 10.2. The van der Waals surface area contributed by atoms with Gasteiger partial charge < -0.3 is 9.67 Å². The van der Waals surface area contributed by atoms with E-state index in [4.69, 9.17) is 5.11 Å². The number of aryl methyl sites for hydroxylation is 1. The molecule has 0 spiro atoms. The first-order valence-corrected chi connectivity index (χ1v) is 3.40. The van der Waals surface area contributed by atoms with Crippen LogP contribution in [0.25, 0.3) is 0 Å². The van der Waals surface area contributed by atoms with Crippen molar-refractivity contribution in [1.29, 1.82) is 0 Å². The lowest BCUT2D eigenvalue weighted by Gasteiger charge is -1.98. The van der Waals surface area contributed by atoms with Gasteiger partial charge in [0, 0.05) is 11.9 Å². The van der Waals surface area contributed by atoms with Gasteiger partial charge >= 0.3 is 0 Å². The van der Waals surface area contributed by atoms with Crippen LogP contribution in [-0.4, -0.2) is 9.67 Å². The van der Waals surface area contributed by atoms with Crippen LogP contribution in [0.4, 0.5) is 0 Å². The highest BCUT2D eigenvalue weighted by molar-refractivity contribution is 5.28. The Balaban J connectivity index is 3.17. The van der Waals surface area contributed by atoms with E-state index in [1.807, 2.05) is 17.7 Å². The average Bonchev–Trinajstić information content (AvgIpc) is 2.17. The Bertz CT molecular complexity index is 238. The monoisotopic (exact) mass is 139 g/mol. The van der Waals surface area contributed by atoms with Crippen molar-refractivity contribution in [2.75, 3.05) is 0 Å². The molecule has 0 aliphatic heterocycles. The van der Waals surface area contributed by atoms with Gasteiger partial charge in [0.15, 0.2) is 0 Å². The Kier molecular flexibility index (Phi) is 1.81. The Labute approximate surface area is 61.1 Å². The number of rotatable bonds is 1. The van der Waals surface area contributed by atoms with Gasteiger partial charge in [0.2, 0.25) is 0 Å². The minimum Gasteiger partial charge on any atom is -0.376 e. The summed E-state index contributed by atoms with van der Waals surface area (Å²) < 4.78 is 1.84. The molecule has 10 heavy (non-hydrogen) atoms. The molecule has 1 N–H and O–H groups in total. The van der Waals surface area contributed by atoms with E-state index in [0.717, 1.165) is 5.69 Å². The third kappa shape index (κ3) is 0.948. The molecule has 0 unspecified atom stereocenters. The van der Waals surface area contributed by atoms with E-state index < -0.39 is 0 Å². The van der Waals surface area contributed by atoms with Gasteiger partial charge in [-0.3, -0.25) is 0 Å². The zero-order valence-corrected chi connectivity index (χ0v) is 6.68. The van der Waals surface area contributed by atoms with E-state index in [9.17, 15) is 0 Å². The van der Waals surface area contributed by atoms with Gasteiger partial charge in [0.1, 0.15) is 6.73 Å². The molecule has 2 nitrogen and oxygen atoms in total. The fourth-order valence-corrected chi connectivity index (χ4v) is 1.08. The van der Waals surface area contributed by atoms with Crippen LogP contribution in [0.1, 0.15) is 16.8 Å². The second-order valence-electron chi connectivity index (χ2n) is 2.63. The Morgan fingerprint density at radius 3 is 2.20 bits per heavy atom. The summed E-state index contributed by atoms with van der Waals surface area (Å²) in [7, 11) is 0. The molecule has 1 rings (SSSR count). The fraction of sp³-hybridized carbons (Fsp3) is 0.500. The predicted octanol–water partition coefficient (Wildman–Crippen LogP) is 1.36. The zero-order chi connectivity index (χ0) is 7.72. The quantitative estimate of drug-likeness (QED) is 0.624. The number of hydrogen-bond donors (Lipinski definition) is 1. The molecule has 56 valence electrons. The first kappa shape index (κ1) is 7.35. The molecule has 1 aromatic rings. The molecule has 0 aromatic carbocycles. The second-order valence-corrected chi connectivity index (χ2v) is 2.63. The SMILES string of the molecule is Cc1cn(CO)c(C)c1C. The van der Waals surface area contributed by atoms with Crippen LogP contribution in [-0.2, 0) is 6.73 Å². The molecule has 0 atom stereocenters. The van der Waals surface area contributed by atoms with E-state index in [2.05, 4.69) is 13.8 Å². The van der Waals surface area contributed by atoms with Crippen LogP contribution in [0, 0.1) is 20.8 Å². The second kappa shape index (κ2) is 2.46. The first-order valence-electron chi connectivity index (χ1n) is 3.40. The summed E-state index contributed by atoms with van der Waals surface area (Å²) in [6, 6.07) is 0. The van der Waals surface area contributed by atoms with Gasteiger partial charge in [-0.1, -0.05) is 0 Å².